The minimum atomic E-state index is -0.279. The summed E-state index contributed by atoms with van der Waals surface area (Å²) in [6, 6.07) is 11.9. The summed E-state index contributed by atoms with van der Waals surface area (Å²) < 4.78 is 13.5. The predicted octanol–water partition coefficient (Wildman–Crippen LogP) is 3.91. The number of nitrogen functional groups attached to an aromatic ring is 1. The molecule has 0 aliphatic heterocycles. The Labute approximate surface area is 101 Å². The van der Waals surface area contributed by atoms with Gasteiger partial charge in [0, 0.05) is 4.47 Å². The Morgan fingerprint density at radius 2 is 1.81 bits per heavy atom. The van der Waals surface area contributed by atoms with Crippen molar-refractivity contribution in [3.05, 3.63) is 52.8 Å². The average Bonchev–Trinajstić information content (AvgIpc) is 2.25. The zero-order chi connectivity index (χ0) is 11.5. The molecular formula is C12H10BrFN2. The normalized spacial score (nSPS) is 10.1. The molecule has 0 fully saturated rings. The van der Waals surface area contributed by atoms with Crippen molar-refractivity contribution < 1.29 is 4.39 Å². The first-order valence-corrected chi connectivity index (χ1v) is 5.53. The Kier molecular flexibility index (Phi) is 3.10. The van der Waals surface area contributed by atoms with Crippen LogP contribution in [0.3, 0.4) is 0 Å². The van der Waals surface area contributed by atoms with Gasteiger partial charge in [-0.05, 0) is 46.3 Å². The van der Waals surface area contributed by atoms with E-state index in [0.717, 1.165) is 11.4 Å². The Hall–Kier alpha value is -1.55. The lowest BCUT2D eigenvalue weighted by Crippen LogP contribution is -1.96. The monoisotopic (exact) mass is 280 g/mol. The highest BCUT2D eigenvalue weighted by atomic mass is 79.9. The maximum atomic E-state index is 12.9. The summed E-state index contributed by atoms with van der Waals surface area (Å²) in [7, 11) is 0. The van der Waals surface area contributed by atoms with Crippen LogP contribution in [0.1, 0.15) is 0 Å². The van der Waals surface area contributed by atoms with Gasteiger partial charge in [0.2, 0.25) is 0 Å². The molecule has 0 spiro atoms. The number of halogens is 2. The number of nitrogens with one attached hydrogen (secondary N) is 1. The van der Waals surface area contributed by atoms with Crippen LogP contribution in [0.25, 0.3) is 0 Å². The van der Waals surface area contributed by atoms with Crippen LogP contribution in [-0.4, -0.2) is 0 Å². The van der Waals surface area contributed by atoms with Crippen LogP contribution >= 0.6 is 15.9 Å². The first kappa shape index (κ1) is 11.0. The summed E-state index contributed by atoms with van der Waals surface area (Å²) in [5, 5.41) is 3.13. The lowest BCUT2D eigenvalue weighted by Gasteiger charge is -2.10. The third kappa shape index (κ3) is 2.33. The van der Waals surface area contributed by atoms with Gasteiger partial charge in [-0.3, -0.25) is 0 Å². The summed E-state index contributed by atoms with van der Waals surface area (Å²) in [6.45, 7) is 0. The lowest BCUT2D eigenvalue weighted by atomic mass is 10.2. The Morgan fingerprint density at radius 3 is 2.50 bits per heavy atom. The molecule has 0 unspecified atom stereocenters. The van der Waals surface area contributed by atoms with Gasteiger partial charge in [0.1, 0.15) is 5.82 Å². The highest BCUT2D eigenvalue weighted by molar-refractivity contribution is 9.10. The second-order valence-electron chi connectivity index (χ2n) is 3.34. The van der Waals surface area contributed by atoms with E-state index in [4.69, 9.17) is 5.73 Å². The molecule has 0 atom stereocenters. The van der Waals surface area contributed by atoms with Crippen molar-refractivity contribution in [2.75, 3.05) is 11.1 Å². The topological polar surface area (TPSA) is 38.0 Å². The van der Waals surface area contributed by atoms with Crippen LogP contribution < -0.4 is 11.1 Å². The van der Waals surface area contributed by atoms with Crippen LogP contribution in [0.5, 0.6) is 0 Å². The molecule has 0 amide bonds. The molecule has 82 valence electrons. The maximum absolute atomic E-state index is 12.9. The van der Waals surface area contributed by atoms with E-state index in [1.54, 1.807) is 12.1 Å². The summed E-state index contributed by atoms with van der Waals surface area (Å²) in [5.74, 6) is -0.279. The van der Waals surface area contributed by atoms with Gasteiger partial charge in [-0.15, -0.1) is 0 Å². The molecule has 0 aliphatic carbocycles. The minimum absolute atomic E-state index is 0.279. The van der Waals surface area contributed by atoms with Crippen LogP contribution in [-0.2, 0) is 0 Å². The highest BCUT2D eigenvalue weighted by Crippen LogP contribution is 2.28. The van der Waals surface area contributed by atoms with E-state index in [2.05, 4.69) is 21.2 Å². The SMILES string of the molecule is Nc1ccccc1Nc1ccc(F)cc1Br. The number of hydrogen-bond acceptors (Lipinski definition) is 2. The minimum Gasteiger partial charge on any atom is -0.397 e. The zero-order valence-electron chi connectivity index (χ0n) is 8.37. The molecule has 3 N–H and O–H groups in total. The fourth-order valence-corrected chi connectivity index (χ4v) is 1.80. The van der Waals surface area contributed by atoms with E-state index < -0.39 is 0 Å². The molecule has 16 heavy (non-hydrogen) atoms. The smallest absolute Gasteiger partial charge is 0.124 e. The third-order valence-electron chi connectivity index (χ3n) is 2.16. The van der Waals surface area contributed by atoms with E-state index >= 15 is 0 Å². The van der Waals surface area contributed by atoms with Gasteiger partial charge in [-0.1, -0.05) is 12.1 Å². The van der Waals surface area contributed by atoms with Gasteiger partial charge in [-0.25, -0.2) is 4.39 Å². The number of hydrogen-bond donors (Lipinski definition) is 2. The molecule has 0 saturated heterocycles. The van der Waals surface area contributed by atoms with Crippen LogP contribution in [0.4, 0.5) is 21.5 Å². The second-order valence-corrected chi connectivity index (χ2v) is 4.19. The summed E-state index contributed by atoms with van der Waals surface area (Å²) in [5.41, 5.74) is 8.03. The Balaban J connectivity index is 2.31. The van der Waals surface area contributed by atoms with Crippen LogP contribution in [0.2, 0.25) is 0 Å². The number of rotatable bonds is 2. The van der Waals surface area contributed by atoms with Crippen molar-refractivity contribution >= 4 is 33.0 Å². The standard InChI is InChI=1S/C12H10BrFN2/c13-9-7-8(14)5-6-11(9)16-12-4-2-1-3-10(12)15/h1-7,16H,15H2. The van der Waals surface area contributed by atoms with Gasteiger partial charge in [0.15, 0.2) is 0 Å². The zero-order valence-corrected chi connectivity index (χ0v) is 9.96. The van der Waals surface area contributed by atoms with Crippen molar-refractivity contribution in [3.63, 3.8) is 0 Å². The maximum Gasteiger partial charge on any atom is 0.124 e. The second kappa shape index (κ2) is 4.53. The highest BCUT2D eigenvalue weighted by Gasteiger charge is 2.03. The van der Waals surface area contributed by atoms with E-state index in [9.17, 15) is 4.39 Å². The fraction of sp³-hybridized carbons (Fsp3) is 0. The van der Waals surface area contributed by atoms with Crippen molar-refractivity contribution in [1.29, 1.82) is 0 Å². The fourth-order valence-electron chi connectivity index (χ4n) is 1.35. The van der Waals surface area contributed by atoms with Crippen molar-refractivity contribution in [2.45, 2.75) is 0 Å². The molecule has 0 saturated carbocycles. The van der Waals surface area contributed by atoms with Crippen molar-refractivity contribution in [1.82, 2.24) is 0 Å². The molecule has 0 heterocycles. The molecular weight excluding hydrogens is 271 g/mol. The quantitative estimate of drug-likeness (QED) is 0.819. The largest absolute Gasteiger partial charge is 0.397 e. The number of anilines is 3. The van der Waals surface area contributed by atoms with Gasteiger partial charge >= 0.3 is 0 Å². The first-order valence-electron chi connectivity index (χ1n) is 4.73. The van der Waals surface area contributed by atoms with Gasteiger partial charge in [0.25, 0.3) is 0 Å². The molecule has 2 nitrogen and oxygen atoms in total. The van der Waals surface area contributed by atoms with Crippen molar-refractivity contribution in [2.24, 2.45) is 0 Å². The van der Waals surface area contributed by atoms with E-state index in [-0.39, 0.29) is 5.82 Å². The Morgan fingerprint density at radius 1 is 1.06 bits per heavy atom. The first-order chi connectivity index (χ1) is 7.66. The molecule has 0 bridgehead atoms. The van der Waals surface area contributed by atoms with E-state index in [0.29, 0.717) is 10.2 Å². The van der Waals surface area contributed by atoms with E-state index in [1.807, 2.05) is 18.2 Å². The number of nitrogens with two attached hydrogens (primary N) is 1. The van der Waals surface area contributed by atoms with Crippen molar-refractivity contribution in [3.8, 4) is 0 Å². The van der Waals surface area contributed by atoms with E-state index in [1.165, 1.54) is 12.1 Å². The van der Waals surface area contributed by atoms with Gasteiger partial charge in [-0.2, -0.15) is 0 Å². The van der Waals surface area contributed by atoms with Crippen LogP contribution in [0.15, 0.2) is 46.9 Å². The number of para-hydroxylation sites is 2. The third-order valence-corrected chi connectivity index (χ3v) is 2.82. The Bertz CT molecular complexity index is 514. The number of benzene rings is 2. The molecule has 0 aliphatic rings. The van der Waals surface area contributed by atoms with Gasteiger partial charge in [0.05, 0.1) is 17.1 Å². The molecule has 0 radical (unpaired) electrons. The molecule has 4 heteroatoms. The van der Waals surface area contributed by atoms with Gasteiger partial charge < -0.3 is 11.1 Å². The summed E-state index contributed by atoms with van der Waals surface area (Å²) in [4.78, 5) is 0. The molecule has 2 aromatic rings. The molecule has 0 aromatic heterocycles. The predicted molar refractivity (Wildman–Crippen MR) is 68.2 cm³/mol. The average molecular weight is 281 g/mol. The summed E-state index contributed by atoms with van der Waals surface area (Å²) >= 11 is 3.29. The molecule has 2 aromatic carbocycles. The molecule has 2 rings (SSSR count). The lowest BCUT2D eigenvalue weighted by molar-refractivity contribution is 0.627. The van der Waals surface area contributed by atoms with Crippen LogP contribution in [0, 0.1) is 5.82 Å². The summed E-state index contributed by atoms with van der Waals surface area (Å²) in [6.07, 6.45) is 0.